The van der Waals surface area contributed by atoms with E-state index in [2.05, 4.69) is 17.1 Å². The number of hydrogen-bond acceptors (Lipinski definition) is 3. The van der Waals surface area contributed by atoms with Crippen molar-refractivity contribution in [2.45, 2.75) is 32.2 Å². The van der Waals surface area contributed by atoms with E-state index in [1.807, 2.05) is 17.5 Å². The summed E-state index contributed by atoms with van der Waals surface area (Å²) in [6.07, 6.45) is 3.00. The third-order valence-electron chi connectivity index (χ3n) is 3.35. The Morgan fingerprint density at radius 2 is 2.53 bits per heavy atom. The second-order valence-corrected chi connectivity index (χ2v) is 5.52. The smallest absolute Gasteiger partial charge is 0.225 e. The molecule has 0 aromatic carbocycles. The van der Waals surface area contributed by atoms with Crippen molar-refractivity contribution < 1.29 is 4.79 Å². The Labute approximate surface area is 107 Å². The molecular formula is C13H20N2OS. The highest BCUT2D eigenvalue weighted by atomic mass is 32.1. The van der Waals surface area contributed by atoms with Crippen LogP contribution in [-0.2, 0) is 11.2 Å². The number of thiophene rings is 1. The average Bonchev–Trinajstić information content (AvgIpc) is 2.96. The van der Waals surface area contributed by atoms with E-state index in [0.29, 0.717) is 12.5 Å². The lowest BCUT2D eigenvalue weighted by Crippen LogP contribution is -2.40. The number of carbonyl (C=O) groups is 1. The van der Waals surface area contributed by atoms with Gasteiger partial charge < -0.3 is 5.32 Å². The molecule has 1 aliphatic rings. The quantitative estimate of drug-likeness (QED) is 0.868. The maximum atomic E-state index is 11.7. The maximum Gasteiger partial charge on any atom is 0.225 e. The first-order valence-electron chi connectivity index (χ1n) is 6.32. The number of carbonyl (C=O) groups excluding carboxylic acids is 1. The van der Waals surface area contributed by atoms with E-state index >= 15 is 0 Å². The van der Waals surface area contributed by atoms with E-state index in [9.17, 15) is 4.79 Å². The summed E-state index contributed by atoms with van der Waals surface area (Å²) in [5.41, 5.74) is 0. The molecule has 1 aromatic rings. The molecule has 94 valence electrons. The van der Waals surface area contributed by atoms with Crippen LogP contribution in [0, 0.1) is 0 Å². The van der Waals surface area contributed by atoms with Gasteiger partial charge in [0.2, 0.25) is 5.91 Å². The number of likely N-dealkylation sites (tertiary alicyclic amines) is 1. The molecule has 1 aromatic heterocycles. The van der Waals surface area contributed by atoms with E-state index in [1.165, 1.54) is 19.4 Å². The number of rotatable bonds is 5. The van der Waals surface area contributed by atoms with Crippen LogP contribution >= 0.6 is 11.3 Å². The Morgan fingerprint density at radius 3 is 3.24 bits per heavy atom. The van der Waals surface area contributed by atoms with Gasteiger partial charge in [0.05, 0.1) is 6.42 Å². The Balaban J connectivity index is 1.72. The highest BCUT2D eigenvalue weighted by Crippen LogP contribution is 2.15. The minimum absolute atomic E-state index is 0.149. The van der Waals surface area contributed by atoms with Crippen molar-refractivity contribution in [1.29, 1.82) is 0 Å². The zero-order chi connectivity index (χ0) is 12.1. The first kappa shape index (κ1) is 12.6. The lowest BCUT2D eigenvalue weighted by atomic mass is 10.2. The van der Waals surface area contributed by atoms with Gasteiger partial charge in [0, 0.05) is 17.5 Å². The van der Waals surface area contributed by atoms with Gasteiger partial charge in [-0.1, -0.05) is 13.0 Å². The molecule has 0 spiro atoms. The number of hydrogen-bond donors (Lipinski definition) is 1. The Kier molecular flexibility index (Phi) is 4.57. The summed E-state index contributed by atoms with van der Waals surface area (Å²) in [6, 6.07) is 4.55. The second kappa shape index (κ2) is 6.17. The van der Waals surface area contributed by atoms with Crippen LogP contribution in [0.4, 0.5) is 0 Å². The fourth-order valence-corrected chi connectivity index (χ4v) is 3.11. The van der Waals surface area contributed by atoms with Crippen LogP contribution in [0.25, 0.3) is 0 Å². The van der Waals surface area contributed by atoms with Gasteiger partial charge in [0.15, 0.2) is 0 Å². The van der Waals surface area contributed by atoms with Gasteiger partial charge >= 0.3 is 0 Å². The molecule has 1 amide bonds. The molecule has 0 aliphatic carbocycles. The predicted molar refractivity (Wildman–Crippen MR) is 71.3 cm³/mol. The van der Waals surface area contributed by atoms with E-state index < -0.39 is 0 Å². The van der Waals surface area contributed by atoms with Crippen molar-refractivity contribution in [3.63, 3.8) is 0 Å². The van der Waals surface area contributed by atoms with Crippen molar-refractivity contribution in [3.05, 3.63) is 22.4 Å². The Hall–Kier alpha value is -0.870. The molecule has 0 unspecified atom stereocenters. The van der Waals surface area contributed by atoms with Crippen molar-refractivity contribution >= 4 is 17.2 Å². The highest BCUT2D eigenvalue weighted by Gasteiger charge is 2.22. The van der Waals surface area contributed by atoms with Gasteiger partial charge in [0.1, 0.15) is 0 Å². The van der Waals surface area contributed by atoms with Crippen LogP contribution in [0.5, 0.6) is 0 Å². The van der Waals surface area contributed by atoms with E-state index in [4.69, 9.17) is 0 Å². The Bertz CT molecular complexity index is 350. The molecule has 0 saturated carbocycles. The van der Waals surface area contributed by atoms with Crippen molar-refractivity contribution in [2.24, 2.45) is 0 Å². The second-order valence-electron chi connectivity index (χ2n) is 4.48. The van der Waals surface area contributed by atoms with Gasteiger partial charge in [-0.3, -0.25) is 9.69 Å². The summed E-state index contributed by atoms with van der Waals surface area (Å²) < 4.78 is 0. The number of nitrogens with zero attached hydrogens (tertiary/aromatic N) is 1. The lowest BCUT2D eigenvalue weighted by Gasteiger charge is -2.22. The lowest BCUT2D eigenvalue weighted by molar-refractivity contribution is -0.120. The number of nitrogens with one attached hydrogen (secondary N) is 1. The summed E-state index contributed by atoms with van der Waals surface area (Å²) in [5.74, 6) is 0.149. The minimum Gasteiger partial charge on any atom is -0.354 e. The molecule has 17 heavy (non-hydrogen) atoms. The topological polar surface area (TPSA) is 32.3 Å². The summed E-state index contributed by atoms with van der Waals surface area (Å²) in [7, 11) is 0. The third kappa shape index (κ3) is 3.54. The molecule has 1 atom stereocenters. The van der Waals surface area contributed by atoms with E-state index in [0.717, 1.165) is 18.0 Å². The van der Waals surface area contributed by atoms with Crippen molar-refractivity contribution in [2.75, 3.05) is 19.6 Å². The van der Waals surface area contributed by atoms with Gasteiger partial charge in [-0.15, -0.1) is 11.3 Å². The highest BCUT2D eigenvalue weighted by molar-refractivity contribution is 7.10. The molecule has 1 aliphatic heterocycles. The molecule has 4 heteroatoms. The molecule has 0 radical (unpaired) electrons. The van der Waals surface area contributed by atoms with Gasteiger partial charge in [-0.05, 0) is 37.4 Å². The van der Waals surface area contributed by atoms with Gasteiger partial charge in [0.25, 0.3) is 0 Å². The largest absolute Gasteiger partial charge is 0.354 e. The molecule has 1 N–H and O–H groups in total. The Morgan fingerprint density at radius 1 is 1.65 bits per heavy atom. The fraction of sp³-hybridized carbons (Fsp3) is 0.615. The summed E-state index contributed by atoms with van der Waals surface area (Å²) in [6.45, 7) is 5.26. The standard InChI is InChI=1S/C13H20N2OS/c1-2-15-7-3-5-11(15)10-14-13(16)9-12-6-4-8-17-12/h4,6,8,11H,2-3,5,7,9-10H2,1H3,(H,14,16)/t11-/m1/s1. The molecule has 3 nitrogen and oxygen atoms in total. The molecule has 1 saturated heterocycles. The van der Waals surface area contributed by atoms with E-state index in [1.54, 1.807) is 11.3 Å². The average molecular weight is 252 g/mol. The molecule has 2 heterocycles. The predicted octanol–water partition coefficient (Wildman–Crippen LogP) is 1.89. The molecule has 1 fully saturated rings. The summed E-state index contributed by atoms with van der Waals surface area (Å²) in [5, 5.41) is 5.07. The van der Waals surface area contributed by atoms with Crippen LogP contribution in [0.2, 0.25) is 0 Å². The van der Waals surface area contributed by atoms with Crippen molar-refractivity contribution in [3.8, 4) is 0 Å². The van der Waals surface area contributed by atoms with Gasteiger partial charge in [-0.25, -0.2) is 0 Å². The third-order valence-corrected chi connectivity index (χ3v) is 4.23. The van der Waals surface area contributed by atoms with Crippen LogP contribution in [-0.4, -0.2) is 36.5 Å². The van der Waals surface area contributed by atoms with Crippen molar-refractivity contribution in [1.82, 2.24) is 10.2 Å². The molecular weight excluding hydrogens is 232 g/mol. The van der Waals surface area contributed by atoms with E-state index in [-0.39, 0.29) is 5.91 Å². The fourth-order valence-electron chi connectivity index (χ4n) is 2.41. The zero-order valence-corrected chi connectivity index (χ0v) is 11.1. The van der Waals surface area contributed by atoms with Crippen LogP contribution < -0.4 is 5.32 Å². The first-order chi connectivity index (χ1) is 8.29. The SMILES string of the molecule is CCN1CCC[C@@H]1CNC(=O)Cc1cccs1. The molecule has 2 rings (SSSR count). The summed E-state index contributed by atoms with van der Waals surface area (Å²) in [4.78, 5) is 15.3. The maximum absolute atomic E-state index is 11.7. The normalized spacial score (nSPS) is 20.6. The van der Waals surface area contributed by atoms with Crippen LogP contribution in [0.1, 0.15) is 24.6 Å². The first-order valence-corrected chi connectivity index (χ1v) is 7.20. The summed E-state index contributed by atoms with van der Waals surface area (Å²) >= 11 is 1.64. The monoisotopic (exact) mass is 252 g/mol. The molecule has 0 bridgehead atoms. The number of amides is 1. The van der Waals surface area contributed by atoms with Gasteiger partial charge in [-0.2, -0.15) is 0 Å². The zero-order valence-electron chi connectivity index (χ0n) is 10.3. The van der Waals surface area contributed by atoms with Crippen LogP contribution in [0.15, 0.2) is 17.5 Å². The van der Waals surface area contributed by atoms with Crippen LogP contribution in [0.3, 0.4) is 0 Å². The number of likely N-dealkylation sites (N-methyl/N-ethyl adjacent to an activating group) is 1. The minimum atomic E-state index is 0.149.